The van der Waals surface area contributed by atoms with Gasteiger partial charge >= 0.3 is 11.9 Å². The van der Waals surface area contributed by atoms with Crippen LogP contribution in [0.4, 0.5) is 0 Å². The molecule has 2 aliphatic heterocycles. The Labute approximate surface area is 200 Å². The summed E-state index contributed by atoms with van der Waals surface area (Å²) in [6, 6.07) is 13.3. The highest BCUT2D eigenvalue weighted by Gasteiger charge is 2.42. The normalized spacial score (nSPS) is 17.8. The summed E-state index contributed by atoms with van der Waals surface area (Å²) in [5, 5.41) is 4.18. The average Bonchev–Trinajstić information content (AvgIpc) is 3.14. The van der Waals surface area contributed by atoms with E-state index in [1.807, 2.05) is 43.3 Å². The number of benzene rings is 2. The van der Waals surface area contributed by atoms with Crippen LogP contribution in [0, 0.1) is 0 Å². The Kier molecular flexibility index (Phi) is 6.84. The van der Waals surface area contributed by atoms with Gasteiger partial charge in [-0.05, 0) is 43.2 Å². The van der Waals surface area contributed by atoms with Crippen molar-refractivity contribution in [2.24, 2.45) is 0 Å². The van der Waals surface area contributed by atoms with E-state index in [0.717, 1.165) is 16.0 Å². The van der Waals surface area contributed by atoms with Crippen molar-refractivity contribution < 1.29 is 19.1 Å². The van der Waals surface area contributed by atoms with Gasteiger partial charge in [0.2, 0.25) is 0 Å². The molecule has 0 aromatic heterocycles. The van der Waals surface area contributed by atoms with Crippen LogP contribution >= 0.6 is 35.0 Å². The molecule has 0 amide bonds. The molecule has 2 heterocycles. The molecule has 4 rings (SSSR count). The van der Waals surface area contributed by atoms with Crippen molar-refractivity contribution in [1.29, 1.82) is 0 Å². The van der Waals surface area contributed by atoms with Crippen LogP contribution < -0.4 is 5.32 Å². The van der Waals surface area contributed by atoms with Gasteiger partial charge in [-0.1, -0.05) is 47.5 Å². The summed E-state index contributed by atoms with van der Waals surface area (Å²) in [6.07, 6.45) is 0. The number of cyclic esters (lactones) is 1. The fourth-order valence-corrected chi connectivity index (χ4v) is 5.25. The number of hydrogen-bond acceptors (Lipinski definition) is 6. The molecule has 32 heavy (non-hydrogen) atoms. The average molecular weight is 490 g/mol. The lowest BCUT2D eigenvalue weighted by Gasteiger charge is -2.28. The van der Waals surface area contributed by atoms with E-state index in [9.17, 15) is 9.59 Å². The van der Waals surface area contributed by atoms with Crippen LogP contribution in [0.1, 0.15) is 30.9 Å². The molecular weight excluding hydrogens is 469 g/mol. The second kappa shape index (κ2) is 9.61. The number of dihydropyridines is 1. The van der Waals surface area contributed by atoms with Gasteiger partial charge in [0.15, 0.2) is 0 Å². The molecule has 0 aliphatic carbocycles. The zero-order valence-electron chi connectivity index (χ0n) is 17.5. The molecule has 1 atom stereocenters. The monoisotopic (exact) mass is 489 g/mol. The van der Waals surface area contributed by atoms with Crippen molar-refractivity contribution in [3.63, 3.8) is 0 Å². The number of esters is 2. The first kappa shape index (κ1) is 22.8. The fraction of sp³-hybridized carbons (Fsp3) is 0.250. The van der Waals surface area contributed by atoms with Crippen LogP contribution in [0.2, 0.25) is 10.0 Å². The quantitative estimate of drug-likeness (QED) is 0.419. The number of carbonyl (C=O) groups is 2. The maximum atomic E-state index is 12.9. The molecule has 2 aliphatic rings. The zero-order valence-corrected chi connectivity index (χ0v) is 19.9. The standard InChI is InChI=1S/C24H21Cl2NO4S/c1-3-30-23(28)20-13(2)27-18-11-31-24(29)22(18)21(20)15-6-4-5-7-19(15)32-12-14-8-9-16(25)17(26)10-14/h4-10,21,27H,3,11-12H2,1-2H3. The Bertz CT molecular complexity index is 1160. The number of nitrogens with one attached hydrogen (secondary N) is 1. The van der Waals surface area contributed by atoms with E-state index in [0.29, 0.717) is 38.3 Å². The molecule has 166 valence electrons. The van der Waals surface area contributed by atoms with Crippen LogP contribution in [0.25, 0.3) is 0 Å². The van der Waals surface area contributed by atoms with Gasteiger partial charge in [0, 0.05) is 16.3 Å². The van der Waals surface area contributed by atoms with Crippen LogP contribution in [-0.4, -0.2) is 25.2 Å². The Morgan fingerprint density at radius 2 is 2.00 bits per heavy atom. The van der Waals surface area contributed by atoms with Crippen LogP contribution in [0.5, 0.6) is 0 Å². The van der Waals surface area contributed by atoms with Crippen LogP contribution in [0.15, 0.2) is 69.9 Å². The number of carbonyl (C=O) groups excluding carboxylic acids is 2. The third kappa shape index (κ3) is 4.40. The minimum atomic E-state index is -0.571. The van der Waals surface area contributed by atoms with Crippen molar-refractivity contribution in [3.05, 3.63) is 86.2 Å². The Morgan fingerprint density at radius 1 is 1.22 bits per heavy atom. The predicted octanol–water partition coefficient (Wildman–Crippen LogP) is 5.62. The molecule has 1 N–H and O–H groups in total. The molecular formula is C24H21Cl2NO4S. The Hall–Kier alpha value is -2.41. The fourth-order valence-electron chi connectivity index (χ4n) is 3.90. The zero-order chi connectivity index (χ0) is 22.8. The van der Waals surface area contributed by atoms with Crippen LogP contribution in [0.3, 0.4) is 0 Å². The molecule has 5 nitrogen and oxygen atoms in total. The van der Waals surface area contributed by atoms with E-state index in [1.165, 1.54) is 0 Å². The van der Waals surface area contributed by atoms with E-state index < -0.39 is 17.9 Å². The summed E-state index contributed by atoms with van der Waals surface area (Å²) in [7, 11) is 0. The van der Waals surface area contributed by atoms with Crippen molar-refractivity contribution in [1.82, 2.24) is 5.32 Å². The van der Waals surface area contributed by atoms with E-state index in [-0.39, 0.29) is 13.2 Å². The van der Waals surface area contributed by atoms with Gasteiger partial charge in [-0.25, -0.2) is 9.59 Å². The van der Waals surface area contributed by atoms with Gasteiger partial charge < -0.3 is 14.8 Å². The third-order valence-electron chi connectivity index (χ3n) is 5.32. The lowest BCUT2D eigenvalue weighted by atomic mass is 9.81. The lowest BCUT2D eigenvalue weighted by Crippen LogP contribution is -2.30. The van der Waals surface area contributed by atoms with Gasteiger partial charge in [-0.15, -0.1) is 11.8 Å². The van der Waals surface area contributed by atoms with Crippen molar-refractivity contribution in [3.8, 4) is 0 Å². The molecule has 0 radical (unpaired) electrons. The number of rotatable bonds is 6. The summed E-state index contributed by atoms with van der Waals surface area (Å²) < 4.78 is 10.6. The minimum Gasteiger partial charge on any atom is -0.463 e. The van der Waals surface area contributed by atoms with E-state index in [4.69, 9.17) is 32.7 Å². The molecule has 2 aromatic rings. The van der Waals surface area contributed by atoms with E-state index in [2.05, 4.69) is 5.32 Å². The largest absolute Gasteiger partial charge is 0.463 e. The van der Waals surface area contributed by atoms with E-state index in [1.54, 1.807) is 24.8 Å². The summed E-state index contributed by atoms with van der Waals surface area (Å²) in [5.74, 6) is -0.793. The number of halogens is 2. The summed E-state index contributed by atoms with van der Waals surface area (Å²) >= 11 is 13.8. The molecule has 1 unspecified atom stereocenters. The summed E-state index contributed by atoms with van der Waals surface area (Å²) in [5.41, 5.74) is 4.10. The Balaban J connectivity index is 1.74. The molecule has 0 spiro atoms. The highest BCUT2D eigenvalue weighted by molar-refractivity contribution is 7.98. The SMILES string of the molecule is CCOC(=O)C1=C(C)NC2=C(C(=O)OC2)C1c1ccccc1SCc1ccc(Cl)c(Cl)c1. The number of thioether (sulfide) groups is 1. The third-order valence-corrected chi connectivity index (χ3v) is 7.22. The molecule has 0 fully saturated rings. The first-order valence-corrected chi connectivity index (χ1v) is 11.9. The van der Waals surface area contributed by atoms with Gasteiger partial charge in [-0.3, -0.25) is 0 Å². The topological polar surface area (TPSA) is 64.6 Å². The first-order chi connectivity index (χ1) is 15.4. The number of hydrogen-bond donors (Lipinski definition) is 1. The van der Waals surface area contributed by atoms with Gasteiger partial charge in [0.1, 0.15) is 6.61 Å². The smallest absolute Gasteiger partial charge is 0.337 e. The van der Waals surface area contributed by atoms with Gasteiger partial charge in [-0.2, -0.15) is 0 Å². The molecule has 0 bridgehead atoms. The van der Waals surface area contributed by atoms with Crippen molar-refractivity contribution >= 4 is 46.9 Å². The number of allylic oxidation sites excluding steroid dienone is 1. The molecule has 0 saturated carbocycles. The summed E-state index contributed by atoms with van der Waals surface area (Å²) in [4.78, 5) is 26.5. The highest BCUT2D eigenvalue weighted by atomic mass is 35.5. The van der Waals surface area contributed by atoms with Crippen molar-refractivity contribution in [2.75, 3.05) is 13.2 Å². The molecule has 8 heteroatoms. The van der Waals surface area contributed by atoms with E-state index >= 15 is 0 Å². The Morgan fingerprint density at radius 3 is 2.75 bits per heavy atom. The first-order valence-electron chi connectivity index (χ1n) is 10.1. The lowest BCUT2D eigenvalue weighted by molar-refractivity contribution is -0.138. The number of ether oxygens (including phenoxy) is 2. The van der Waals surface area contributed by atoms with Gasteiger partial charge in [0.25, 0.3) is 0 Å². The van der Waals surface area contributed by atoms with Crippen molar-refractivity contribution in [2.45, 2.75) is 30.4 Å². The summed E-state index contributed by atoms with van der Waals surface area (Å²) in [6.45, 7) is 3.98. The predicted molar refractivity (Wildman–Crippen MR) is 126 cm³/mol. The van der Waals surface area contributed by atoms with Gasteiger partial charge in [0.05, 0.1) is 39.4 Å². The molecule has 0 saturated heterocycles. The maximum absolute atomic E-state index is 12.9. The molecule has 2 aromatic carbocycles. The minimum absolute atomic E-state index is 0.163. The highest BCUT2D eigenvalue weighted by Crippen LogP contribution is 2.44. The maximum Gasteiger partial charge on any atom is 0.337 e. The second-order valence-corrected chi connectivity index (χ2v) is 9.19. The van der Waals surface area contributed by atoms with Crippen LogP contribution in [-0.2, 0) is 24.8 Å². The second-order valence-electron chi connectivity index (χ2n) is 7.36.